The first-order chi connectivity index (χ1) is 9.26. The smallest absolute Gasteiger partial charge is 0.193 e. The molecule has 2 N–H and O–H groups in total. The van der Waals surface area contributed by atoms with Crippen molar-refractivity contribution in [1.29, 1.82) is 0 Å². The van der Waals surface area contributed by atoms with E-state index in [1.807, 2.05) is 28.4 Å². The fourth-order valence-electron chi connectivity index (χ4n) is 2.04. The van der Waals surface area contributed by atoms with Gasteiger partial charge in [0.05, 0.1) is 30.2 Å². The number of thiazole rings is 1. The lowest BCUT2D eigenvalue weighted by atomic mass is 10.1. The van der Waals surface area contributed by atoms with Gasteiger partial charge in [-0.3, -0.25) is 4.40 Å². The summed E-state index contributed by atoms with van der Waals surface area (Å²) < 4.78 is 3.80. The minimum absolute atomic E-state index is 0.0239. The molecule has 7 heteroatoms. The summed E-state index contributed by atoms with van der Waals surface area (Å²) in [6.45, 7) is 2.74. The van der Waals surface area contributed by atoms with Crippen molar-refractivity contribution >= 4 is 16.3 Å². The predicted molar refractivity (Wildman–Crippen MR) is 74.0 cm³/mol. The normalized spacial score (nSPS) is 13.2. The highest BCUT2D eigenvalue weighted by molar-refractivity contribution is 7.15. The van der Waals surface area contributed by atoms with Crippen LogP contribution < -0.4 is 5.73 Å². The number of hydrogen-bond acceptors (Lipinski definition) is 5. The van der Waals surface area contributed by atoms with E-state index in [2.05, 4.69) is 22.2 Å². The predicted octanol–water partition coefficient (Wildman–Crippen LogP) is 1.84. The van der Waals surface area contributed by atoms with Crippen molar-refractivity contribution < 1.29 is 0 Å². The van der Waals surface area contributed by atoms with Gasteiger partial charge in [0.25, 0.3) is 0 Å². The second-order valence-corrected chi connectivity index (χ2v) is 5.43. The first-order valence-corrected chi connectivity index (χ1v) is 7.21. The molecule has 0 aliphatic carbocycles. The fourth-order valence-corrected chi connectivity index (χ4v) is 2.76. The van der Waals surface area contributed by atoms with Gasteiger partial charge >= 0.3 is 0 Å². The number of rotatable bonds is 5. The maximum absolute atomic E-state index is 6.02. The Balaban J connectivity index is 1.74. The van der Waals surface area contributed by atoms with Gasteiger partial charge in [0.1, 0.15) is 0 Å². The van der Waals surface area contributed by atoms with Gasteiger partial charge in [-0.1, -0.05) is 18.6 Å². The first kappa shape index (κ1) is 12.3. The molecule has 0 radical (unpaired) electrons. The third kappa shape index (κ3) is 2.52. The van der Waals surface area contributed by atoms with Gasteiger partial charge in [-0.2, -0.15) is 0 Å². The molecule has 1 atom stereocenters. The lowest BCUT2D eigenvalue weighted by Crippen LogP contribution is -2.10. The minimum atomic E-state index is -0.0239. The zero-order chi connectivity index (χ0) is 13.2. The summed E-state index contributed by atoms with van der Waals surface area (Å²) in [6.07, 6.45) is 7.90. The van der Waals surface area contributed by atoms with Crippen LogP contribution in [-0.2, 0) is 6.54 Å². The fraction of sp³-hybridized carbons (Fsp3) is 0.417. The molecule has 0 aromatic carbocycles. The molecule has 0 bridgehead atoms. The van der Waals surface area contributed by atoms with Crippen molar-refractivity contribution in [3.63, 3.8) is 0 Å². The van der Waals surface area contributed by atoms with Crippen LogP contribution in [0.5, 0.6) is 0 Å². The van der Waals surface area contributed by atoms with Crippen molar-refractivity contribution in [2.45, 2.75) is 32.4 Å². The van der Waals surface area contributed by atoms with Gasteiger partial charge in [-0.15, -0.1) is 16.4 Å². The molecule has 3 rings (SSSR count). The van der Waals surface area contributed by atoms with E-state index in [1.54, 1.807) is 16.0 Å². The largest absolute Gasteiger partial charge is 0.323 e. The first-order valence-electron chi connectivity index (χ1n) is 6.33. The number of fused-ring (bicyclic) bond motifs is 1. The zero-order valence-electron chi connectivity index (χ0n) is 10.7. The topological polar surface area (TPSA) is 74.0 Å². The zero-order valence-corrected chi connectivity index (χ0v) is 11.5. The summed E-state index contributed by atoms with van der Waals surface area (Å²) in [4.78, 5) is 5.52. The third-order valence-electron chi connectivity index (χ3n) is 3.00. The molecule has 0 spiro atoms. The summed E-state index contributed by atoms with van der Waals surface area (Å²) in [5.41, 5.74) is 7.85. The van der Waals surface area contributed by atoms with Gasteiger partial charge in [0.15, 0.2) is 4.96 Å². The number of aromatic nitrogens is 5. The van der Waals surface area contributed by atoms with Crippen molar-refractivity contribution in [3.05, 3.63) is 35.4 Å². The highest BCUT2D eigenvalue weighted by Crippen LogP contribution is 2.14. The maximum Gasteiger partial charge on any atom is 0.193 e. The van der Waals surface area contributed by atoms with Gasteiger partial charge in [-0.25, -0.2) is 9.67 Å². The molecule has 3 aromatic rings. The number of hydrogen-bond donors (Lipinski definition) is 1. The van der Waals surface area contributed by atoms with E-state index >= 15 is 0 Å². The molecule has 100 valence electrons. The standard InChI is InChI=1S/C12H16N6S/c1-2-3-10(13)11-8-18(16-15-11)7-9-6-17-4-5-19-12(17)14-9/h4-6,8,10H,2-3,7,13H2,1H3. The van der Waals surface area contributed by atoms with E-state index in [4.69, 9.17) is 5.73 Å². The van der Waals surface area contributed by atoms with Crippen molar-refractivity contribution in [2.24, 2.45) is 5.73 Å². The molecule has 0 amide bonds. The molecule has 1 unspecified atom stereocenters. The van der Waals surface area contributed by atoms with Crippen molar-refractivity contribution in [2.75, 3.05) is 0 Å². The van der Waals surface area contributed by atoms with Gasteiger partial charge in [0.2, 0.25) is 0 Å². The summed E-state index contributed by atoms with van der Waals surface area (Å²) >= 11 is 1.62. The molecular weight excluding hydrogens is 260 g/mol. The Morgan fingerprint density at radius 1 is 1.42 bits per heavy atom. The lowest BCUT2D eigenvalue weighted by Gasteiger charge is -2.04. The number of nitrogens with two attached hydrogens (primary N) is 1. The Kier molecular flexibility index (Phi) is 3.31. The van der Waals surface area contributed by atoms with E-state index < -0.39 is 0 Å². The minimum Gasteiger partial charge on any atom is -0.323 e. The molecule has 6 nitrogen and oxygen atoms in total. The van der Waals surface area contributed by atoms with Crippen LogP contribution in [0.25, 0.3) is 4.96 Å². The molecule has 0 saturated heterocycles. The summed E-state index contributed by atoms with van der Waals surface area (Å²) in [6, 6.07) is -0.0239. The Labute approximate surface area is 114 Å². The van der Waals surface area contributed by atoms with Crippen LogP contribution >= 0.6 is 11.3 Å². The van der Waals surface area contributed by atoms with E-state index in [0.717, 1.165) is 29.2 Å². The van der Waals surface area contributed by atoms with Gasteiger partial charge < -0.3 is 5.73 Å². The van der Waals surface area contributed by atoms with E-state index in [0.29, 0.717) is 6.54 Å². The van der Waals surface area contributed by atoms with Crippen LogP contribution in [0.15, 0.2) is 24.0 Å². The Morgan fingerprint density at radius 2 is 2.32 bits per heavy atom. The highest BCUT2D eigenvalue weighted by atomic mass is 32.1. The average Bonchev–Trinajstić information content (AvgIpc) is 3.04. The summed E-state index contributed by atoms with van der Waals surface area (Å²) in [5.74, 6) is 0. The quantitative estimate of drug-likeness (QED) is 0.771. The van der Waals surface area contributed by atoms with Crippen LogP contribution in [0.4, 0.5) is 0 Å². The summed E-state index contributed by atoms with van der Waals surface area (Å²) in [5, 5.41) is 10.3. The lowest BCUT2D eigenvalue weighted by molar-refractivity contribution is 0.616. The van der Waals surface area contributed by atoms with Gasteiger partial charge in [-0.05, 0) is 6.42 Å². The van der Waals surface area contributed by atoms with Crippen molar-refractivity contribution in [3.8, 4) is 0 Å². The van der Waals surface area contributed by atoms with E-state index in [-0.39, 0.29) is 6.04 Å². The highest BCUT2D eigenvalue weighted by Gasteiger charge is 2.10. The molecular formula is C12H16N6S. The molecule has 0 saturated carbocycles. The average molecular weight is 276 g/mol. The third-order valence-corrected chi connectivity index (χ3v) is 3.77. The van der Waals surface area contributed by atoms with Crippen LogP contribution in [-0.4, -0.2) is 24.4 Å². The molecule has 19 heavy (non-hydrogen) atoms. The number of imidazole rings is 1. The molecule has 0 fully saturated rings. The Bertz CT molecular complexity index is 638. The van der Waals surface area contributed by atoms with Crippen LogP contribution in [0.3, 0.4) is 0 Å². The number of nitrogens with zero attached hydrogens (tertiary/aromatic N) is 5. The maximum atomic E-state index is 6.02. The molecule has 3 aromatic heterocycles. The van der Waals surface area contributed by atoms with Crippen LogP contribution in [0, 0.1) is 0 Å². The SMILES string of the molecule is CCCC(N)c1cn(Cc2cn3ccsc3n2)nn1. The second kappa shape index (κ2) is 5.10. The second-order valence-electron chi connectivity index (χ2n) is 4.56. The molecule has 3 heterocycles. The molecule has 0 aliphatic rings. The van der Waals surface area contributed by atoms with Crippen LogP contribution in [0.2, 0.25) is 0 Å². The van der Waals surface area contributed by atoms with Crippen LogP contribution in [0.1, 0.15) is 37.2 Å². The van der Waals surface area contributed by atoms with Crippen molar-refractivity contribution in [1.82, 2.24) is 24.4 Å². The Hall–Kier alpha value is -1.73. The summed E-state index contributed by atoms with van der Waals surface area (Å²) in [7, 11) is 0. The van der Waals surface area contributed by atoms with Gasteiger partial charge in [0, 0.05) is 17.8 Å². The van der Waals surface area contributed by atoms with E-state index in [1.165, 1.54) is 0 Å². The van der Waals surface area contributed by atoms with E-state index in [9.17, 15) is 0 Å². The molecule has 0 aliphatic heterocycles. The monoisotopic (exact) mass is 276 g/mol. The Morgan fingerprint density at radius 3 is 3.11 bits per heavy atom.